The lowest BCUT2D eigenvalue weighted by Gasteiger charge is -2.43. The van der Waals surface area contributed by atoms with Crippen LogP contribution in [0.2, 0.25) is 0 Å². The van der Waals surface area contributed by atoms with Crippen LogP contribution in [0.5, 0.6) is 0 Å². The second-order valence-corrected chi connectivity index (χ2v) is 28.0. The van der Waals surface area contributed by atoms with Crippen molar-refractivity contribution in [1.29, 1.82) is 0 Å². The van der Waals surface area contributed by atoms with Crippen molar-refractivity contribution in [2.24, 2.45) is 47.3 Å². The molecular formula is C75H143F7O38. The number of halogens is 7. The number of hydrogen-bond donors (Lipinski definition) is 18. The zero-order valence-corrected chi connectivity index (χ0v) is 69.0. The summed E-state index contributed by atoms with van der Waals surface area (Å²) in [6.45, 7) is -22.3. The number of aliphatic hydroxyl groups excluding tert-OH is 17. The molecule has 0 spiro atoms. The summed E-state index contributed by atoms with van der Waals surface area (Å²) >= 11 is 0. The third-order valence-electron chi connectivity index (χ3n) is 19.1. The first-order chi connectivity index (χ1) is 57.8. The average molecular weight is 1790 g/mol. The van der Waals surface area contributed by atoms with Gasteiger partial charge in [0.25, 0.3) is 0 Å². The molecule has 0 saturated heterocycles. The average Bonchev–Trinajstić information content (AvgIpc) is 0.810. The second kappa shape index (κ2) is 75.5. The van der Waals surface area contributed by atoms with Gasteiger partial charge < -0.3 is 182 Å². The molecule has 0 aromatic heterocycles. The van der Waals surface area contributed by atoms with Gasteiger partial charge in [-0.3, -0.25) is 0 Å². The topological polar surface area (TPSA) is 557 Å². The monoisotopic (exact) mass is 1780 g/mol. The lowest BCUT2D eigenvalue weighted by Crippen LogP contribution is -2.53. The highest BCUT2D eigenvalue weighted by molar-refractivity contribution is 5.78. The molecule has 0 saturated carbocycles. The molecular weight excluding hydrogens is 1640 g/mol. The van der Waals surface area contributed by atoms with Crippen LogP contribution >= 0.6 is 0 Å². The molecule has 0 amide bonds. The lowest BCUT2D eigenvalue weighted by atomic mass is 9.72. The molecule has 0 radical (unpaired) electrons. The fourth-order valence-electron chi connectivity index (χ4n) is 12.5. The molecule has 19 atom stereocenters. The van der Waals surface area contributed by atoms with E-state index in [4.69, 9.17) is 85.3 Å². The van der Waals surface area contributed by atoms with Crippen molar-refractivity contribution in [3.05, 3.63) is 0 Å². The summed E-state index contributed by atoms with van der Waals surface area (Å²) in [6, 6.07) is 0. The highest BCUT2D eigenvalue weighted by Crippen LogP contribution is 2.39. The molecule has 0 aliphatic rings. The maximum atomic E-state index is 15.9. The quantitative estimate of drug-likeness (QED) is 0.0158. The first-order valence-electron chi connectivity index (χ1n) is 40.6. The SMILES string of the molecule is COCCC(CO)OCC(C(CCO)COCCO)C(COC(CCO)COCCO)C(COC(COC(CCO)COCCO)C(CCO)COCCO)C(COC(COC(COC(CCO)COCCO)C(CCO)COCCO)C(COC(CCO)COCCO)C(CCO)COCCO)OCC(OC(=O)C(O)(F)C(F)(F)F)C(F)(F)F. The van der Waals surface area contributed by atoms with Gasteiger partial charge in [-0.05, 0) is 81.5 Å². The molecule has 0 fully saturated rings. The predicted molar refractivity (Wildman–Crippen MR) is 404 cm³/mol. The van der Waals surface area contributed by atoms with Crippen LogP contribution in [0.3, 0.4) is 0 Å². The van der Waals surface area contributed by atoms with Gasteiger partial charge in [0, 0.05) is 96.9 Å². The minimum absolute atomic E-state index is 0.0211. The van der Waals surface area contributed by atoms with Gasteiger partial charge in [0.05, 0.1) is 273 Å². The highest BCUT2D eigenvalue weighted by Gasteiger charge is 2.64. The van der Waals surface area contributed by atoms with E-state index < -0.39 is 324 Å². The molecule has 720 valence electrons. The molecule has 0 aliphatic carbocycles. The normalized spacial score (nSPS) is 17.6. The number of carbonyl (C=O) groups excluding carboxylic acids is 1. The van der Waals surface area contributed by atoms with Crippen LogP contribution in [0.1, 0.15) is 57.8 Å². The van der Waals surface area contributed by atoms with E-state index in [1.54, 1.807) is 0 Å². The van der Waals surface area contributed by atoms with Gasteiger partial charge in [0.15, 0.2) is 0 Å². The van der Waals surface area contributed by atoms with Gasteiger partial charge in [-0.1, -0.05) is 0 Å². The van der Waals surface area contributed by atoms with E-state index in [0.29, 0.717) is 0 Å². The minimum Gasteiger partial charge on any atom is -0.446 e. The van der Waals surface area contributed by atoms with Gasteiger partial charge in [0.2, 0.25) is 6.10 Å². The summed E-state index contributed by atoms with van der Waals surface area (Å²) in [5.41, 5.74) is 0. The van der Waals surface area contributed by atoms with E-state index >= 15 is 17.6 Å². The largest absolute Gasteiger partial charge is 0.460 e. The van der Waals surface area contributed by atoms with Crippen molar-refractivity contribution in [2.45, 2.75) is 137 Å². The Hall–Kier alpha value is -2.46. The number of esters is 1. The fourth-order valence-corrected chi connectivity index (χ4v) is 12.5. The Morgan fingerprint density at radius 2 is 0.542 bits per heavy atom. The molecule has 0 aliphatic heterocycles. The van der Waals surface area contributed by atoms with Gasteiger partial charge in [-0.2, -0.15) is 30.7 Å². The summed E-state index contributed by atoms with van der Waals surface area (Å²) in [6.07, 6.45) is -30.2. The number of methoxy groups -OCH3 is 1. The smallest absolute Gasteiger partial charge is 0.446 e. The van der Waals surface area contributed by atoms with E-state index in [1.165, 1.54) is 7.11 Å². The molecule has 18 N–H and O–H groups in total. The number of alkyl halides is 7. The Morgan fingerprint density at radius 1 is 0.267 bits per heavy atom. The van der Waals surface area contributed by atoms with Gasteiger partial charge >= 0.3 is 24.2 Å². The molecule has 0 aromatic rings. The Labute approximate surface area is 697 Å². The van der Waals surface area contributed by atoms with Crippen molar-refractivity contribution >= 4 is 5.97 Å². The van der Waals surface area contributed by atoms with Gasteiger partial charge in [-0.15, -0.1) is 0 Å². The molecule has 38 nitrogen and oxygen atoms in total. The van der Waals surface area contributed by atoms with Crippen LogP contribution < -0.4 is 0 Å². The third-order valence-corrected chi connectivity index (χ3v) is 19.1. The third kappa shape index (κ3) is 52.7. The molecule has 0 rings (SSSR count). The Bertz CT molecular complexity index is 2270. The van der Waals surface area contributed by atoms with Crippen molar-refractivity contribution in [1.82, 2.24) is 0 Å². The van der Waals surface area contributed by atoms with E-state index in [0.717, 1.165) is 0 Å². The molecule has 120 heavy (non-hydrogen) atoms. The Morgan fingerprint density at radius 3 is 0.883 bits per heavy atom. The van der Waals surface area contributed by atoms with Crippen LogP contribution in [0.4, 0.5) is 30.7 Å². The zero-order valence-electron chi connectivity index (χ0n) is 69.0. The summed E-state index contributed by atoms with van der Waals surface area (Å²) < 4.78 is 220. The van der Waals surface area contributed by atoms with Crippen LogP contribution in [0, 0.1) is 47.3 Å². The highest BCUT2D eigenvalue weighted by atomic mass is 19.4. The standard InChI is InChI=1S/C75H143F7O38/c1-102-27-10-58(36-99)111-45-63(54(2-11-83)37-103-28-19-91)65(47-113-60(7-16-88)42-108-33-24-96)66(48-116-67(56(4-13-85)39-105-30-21-93)49-114-61(8-17-89)43-109-34-25-97)70(119-53-71(74(77,78)79)120-72(100)73(76,101)75(80,81)82)52-118-69(64(55(3-12-84)38-104-29-20-92)46-112-59(6-15-87)41-107-32-23-95)51-117-68(57(5-14-86)40-106-31-22-94)50-115-62(9-18-90)44-110-35-26-98/h54-71,83-99,101H,2-53H2,1H3. The number of rotatable bonds is 89. The summed E-state index contributed by atoms with van der Waals surface area (Å²) in [5, 5.41) is 184. The first kappa shape index (κ1) is 118. The van der Waals surface area contributed by atoms with E-state index in [-0.39, 0.29) is 150 Å². The van der Waals surface area contributed by atoms with Gasteiger partial charge in [-0.25, -0.2) is 4.79 Å². The van der Waals surface area contributed by atoms with Crippen molar-refractivity contribution in [3.63, 3.8) is 0 Å². The Kier molecular flexibility index (Phi) is 74.0. The van der Waals surface area contributed by atoms with Crippen molar-refractivity contribution < 1.29 is 217 Å². The first-order valence-corrected chi connectivity index (χ1v) is 40.6. The molecule has 0 heterocycles. The number of hydrogen-bond acceptors (Lipinski definition) is 38. The maximum Gasteiger partial charge on any atom is 0.460 e. The number of ether oxygens (including phenoxy) is 19. The van der Waals surface area contributed by atoms with Crippen molar-refractivity contribution in [3.8, 4) is 0 Å². The van der Waals surface area contributed by atoms with E-state index in [1.807, 2.05) is 0 Å². The Balaban J connectivity index is 10.8. The summed E-state index contributed by atoms with van der Waals surface area (Å²) in [4.78, 5) is 13.1. The van der Waals surface area contributed by atoms with Crippen LogP contribution in [0.25, 0.3) is 0 Å². The maximum absolute atomic E-state index is 15.9. The van der Waals surface area contributed by atoms with Gasteiger partial charge in [0.1, 0.15) is 0 Å². The molecule has 0 bridgehead atoms. The summed E-state index contributed by atoms with van der Waals surface area (Å²) in [5.74, 6) is -19.8. The van der Waals surface area contributed by atoms with E-state index in [9.17, 15) is 110 Å². The van der Waals surface area contributed by atoms with Crippen molar-refractivity contribution in [2.75, 3.05) is 291 Å². The molecule has 45 heteroatoms. The van der Waals surface area contributed by atoms with Crippen LogP contribution in [-0.4, -0.2) is 468 Å². The number of aliphatic hydroxyl groups is 18. The lowest BCUT2D eigenvalue weighted by molar-refractivity contribution is -0.318. The number of carbonyl (C=O) groups is 1. The predicted octanol–water partition coefficient (Wildman–Crippen LogP) is -3.76. The molecule has 19 unspecified atom stereocenters. The fraction of sp³-hybridized carbons (Fsp3) is 0.987. The van der Waals surface area contributed by atoms with E-state index in [2.05, 4.69) is 4.74 Å². The zero-order chi connectivity index (χ0) is 89.7. The van der Waals surface area contributed by atoms with Crippen LogP contribution in [-0.2, 0) is 94.8 Å². The summed E-state index contributed by atoms with van der Waals surface area (Å²) in [7, 11) is 1.35. The van der Waals surface area contributed by atoms with Crippen LogP contribution in [0.15, 0.2) is 0 Å². The second-order valence-electron chi connectivity index (χ2n) is 28.0. The molecule has 0 aromatic carbocycles. The minimum atomic E-state index is -6.63.